The summed E-state index contributed by atoms with van der Waals surface area (Å²) >= 11 is 0. The van der Waals surface area contributed by atoms with Gasteiger partial charge in [0.25, 0.3) is 0 Å². The lowest BCUT2D eigenvalue weighted by Crippen LogP contribution is -2.37. The molecule has 0 heterocycles. The van der Waals surface area contributed by atoms with Crippen molar-refractivity contribution in [2.24, 2.45) is 0 Å². The molecule has 0 aliphatic carbocycles. The average Bonchev–Trinajstić information content (AvgIpc) is 2.50. The minimum Gasteiger partial charge on any atom is -0.494 e. The van der Waals surface area contributed by atoms with Crippen LogP contribution >= 0.6 is 0 Å². The molecule has 2 nitrogen and oxygen atoms in total. The van der Waals surface area contributed by atoms with Crippen molar-refractivity contribution in [3.8, 4) is 5.75 Å². The first-order chi connectivity index (χ1) is 10.1. The Morgan fingerprint density at radius 1 is 0.952 bits per heavy atom. The Bertz CT molecular complexity index is 370. The van der Waals surface area contributed by atoms with E-state index < -0.39 is 0 Å². The van der Waals surface area contributed by atoms with E-state index in [1.165, 1.54) is 31.2 Å². The van der Waals surface area contributed by atoms with Gasteiger partial charge in [-0.05, 0) is 44.4 Å². The molecule has 0 spiro atoms. The van der Waals surface area contributed by atoms with Gasteiger partial charge in [-0.3, -0.25) is 0 Å². The largest absolute Gasteiger partial charge is 0.494 e. The molecule has 120 valence electrons. The molecule has 0 unspecified atom stereocenters. The van der Waals surface area contributed by atoms with E-state index >= 15 is 0 Å². The van der Waals surface area contributed by atoms with Crippen LogP contribution in [-0.4, -0.2) is 12.1 Å². The van der Waals surface area contributed by atoms with Gasteiger partial charge in [-0.25, -0.2) is 0 Å². The lowest BCUT2D eigenvalue weighted by atomic mass is 10.0. The minimum absolute atomic E-state index is 0.202. The number of ether oxygens (including phenoxy) is 1. The van der Waals surface area contributed by atoms with E-state index in [9.17, 15) is 0 Å². The Morgan fingerprint density at radius 2 is 1.62 bits per heavy atom. The number of rotatable bonds is 11. The van der Waals surface area contributed by atoms with E-state index in [0.717, 1.165) is 31.7 Å². The molecule has 0 radical (unpaired) electrons. The van der Waals surface area contributed by atoms with Crippen molar-refractivity contribution in [3.63, 3.8) is 0 Å². The summed E-state index contributed by atoms with van der Waals surface area (Å²) in [6.45, 7) is 10.7. The van der Waals surface area contributed by atoms with Crippen molar-refractivity contribution in [1.82, 2.24) is 5.32 Å². The maximum absolute atomic E-state index is 5.79. The molecule has 0 atom stereocenters. The van der Waals surface area contributed by atoms with E-state index in [0.29, 0.717) is 0 Å². The molecule has 0 aromatic heterocycles. The number of hydrogen-bond donors (Lipinski definition) is 1. The van der Waals surface area contributed by atoms with Gasteiger partial charge < -0.3 is 10.1 Å². The monoisotopic (exact) mass is 291 g/mol. The summed E-state index contributed by atoms with van der Waals surface area (Å²) in [5.74, 6) is 0.990. The van der Waals surface area contributed by atoms with Gasteiger partial charge in [0.1, 0.15) is 5.75 Å². The van der Waals surface area contributed by atoms with Crippen molar-refractivity contribution >= 4 is 0 Å². The Morgan fingerprint density at radius 3 is 2.24 bits per heavy atom. The molecular weight excluding hydrogens is 258 g/mol. The average molecular weight is 291 g/mol. The third-order valence-electron chi connectivity index (χ3n) is 4.09. The van der Waals surface area contributed by atoms with Crippen LogP contribution in [0.25, 0.3) is 0 Å². The fourth-order valence-corrected chi connectivity index (χ4v) is 2.07. The van der Waals surface area contributed by atoms with Crippen molar-refractivity contribution in [1.29, 1.82) is 0 Å². The third kappa shape index (κ3) is 8.11. The van der Waals surface area contributed by atoms with E-state index in [1.807, 2.05) is 0 Å². The molecule has 0 fully saturated rings. The first kappa shape index (κ1) is 18.0. The lowest BCUT2D eigenvalue weighted by Gasteiger charge is -2.24. The summed E-state index contributed by atoms with van der Waals surface area (Å²) in [7, 11) is 0. The summed E-state index contributed by atoms with van der Waals surface area (Å²) in [6, 6.07) is 8.49. The first-order valence-electron chi connectivity index (χ1n) is 8.54. The normalized spacial score (nSPS) is 11.6. The van der Waals surface area contributed by atoms with Crippen LogP contribution in [-0.2, 0) is 6.54 Å². The third-order valence-corrected chi connectivity index (χ3v) is 4.09. The maximum atomic E-state index is 5.79. The zero-order chi connectivity index (χ0) is 15.6. The van der Waals surface area contributed by atoms with Crippen LogP contribution in [0.5, 0.6) is 5.75 Å². The molecular formula is C19H33NO. The number of hydrogen-bond acceptors (Lipinski definition) is 2. The van der Waals surface area contributed by atoms with Crippen LogP contribution in [0, 0.1) is 0 Å². The van der Waals surface area contributed by atoms with Crippen LogP contribution in [0.1, 0.15) is 71.8 Å². The van der Waals surface area contributed by atoms with E-state index in [2.05, 4.69) is 57.3 Å². The summed E-state index contributed by atoms with van der Waals surface area (Å²) in [5, 5.41) is 3.58. The molecule has 0 amide bonds. The minimum atomic E-state index is 0.202. The fraction of sp³-hybridized carbons (Fsp3) is 0.684. The van der Waals surface area contributed by atoms with Crippen molar-refractivity contribution in [2.45, 2.75) is 78.3 Å². The summed E-state index contributed by atoms with van der Waals surface area (Å²) in [4.78, 5) is 0. The molecule has 21 heavy (non-hydrogen) atoms. The molecule has 0 bridgehead atoms. The Labute approximate surface area is 131 Å². The molecule has 1 aromatic rings. The summed E-state index contributed by atoms with van der Waals surface area (Å²) in [5.41, 5.74) is 1.51. The predicted octanol–water partition coefficient (Wildman–Crippen LogP) is 5.31. The second kappa shape index (κ2) is 9.83. The predicted molar refractivity (Wildman–Crippen MR) is 91.9 cm³/mol. The van der Waals surface area contributed by atoms with Gasteiger partial charge in [-0.2, -0.15) is 0 Å². The van der Waals surface area contributed by atoms with Gasteiger partial charge in [0.05, 0.1) is 6.61 Å². The quantitative estimate of drug-likeness (QED) is 0.558. The molecule has 0 saturated carbocycles. The highest BCUT2D eigenvalue weighted by molar-refractivity contribution is 5.27. The van der Waals surface area contributed by atoms with Crippen LogP contribution in [0.4, 0.5) is 0 Å². The van der Waals surface area contributed by atoms with Crippen molar-refractivity contribution in [3.05, 3.63) is 29.8 Å². The second-order valence-corrected chi connectivity index (χ2v) is 6.50. The standard InChI is InChI=1S/C19H33NO/c1-5-7-8-9-10-15-21-18-13-11-17(12-14-18)16-20-19(3,4)6-2/h11-14,20H,5-10,15-16H2,1-4H3. The summed E-state index contributed by atoms with van der Waals surface area (Å²) in [6.07, 6.45) is 7.54. The van der Waals surface area contributed by atoms with Crippen LogP contribution in [0.2, 0.25) is 0 Å². The molecule has 0 aliphatic rings. The van der Waals surface area contributed by atoms with Gasteiger partial charge in [0.15, 0.2) is 0 Å². The molecule has 0 aliphatic heterocycles. The highest BCUT2D eigenvalue weighted by Crippen LogP contribution is 2.15. The molecule has 0 saturated heterocycles. The zero-order valence-electron chi connectivity index (χ0n) is 14.4. The summed E-state index contributed by atoms with van der Waals surface area (Å²) < 4.78 is 5.79. The van der Waals surface area contributed by atoms with Gasteiger partial charge >= 0.3 is 0 Å². The van der Waals surface area contributed by atoms with Gasteiger partial charge in [0, 0.05) is 12.1 Å². The zero-order valence-corrected chi connectivity index (χ0v) is 14.4. The van der Waals surface area contributed by atoms with Crippen LogP contribution in [0.3, 0.4) is 0 Å². The molecule has 2 heteroatoms. The first-order valence-corrected chi connectivity index (χ1v) is 8.54. The maximum Gasteiger partial charge on any atom is 0.119 e. The fourth-order valence-electron chi connectivity index (χ4n) is 2.07. The smallest absolute Gasteiger partial charge is 0.119 e. The number of unbranched alkanes of at least 4 members (excludes halogenated alkanes) is 4. The van der Waals surface area contributed by atoms with Gasteiger partial charge in [0.2, 0.25) is 0 Å². The Balaban J connectivity index is 2.24. The van der Waals surface area contributed by atoms with Crippen LogP contribution < -0.4 is 10.1 Å². The Kier molecular flexibility index (Phi) is 8.44. The molecule has 1 rings (SSSR count). The highest BCUT2D eigenvalue weighted by Gasteiger charge is 2.13. The van der Waals surface area contributed by atoms with E-state index in [-0.39, 0.29) is 5.54 Å². The van der Waals surface area contributed by atoms with E-state index in [1.54, 1.807) is 0 Å². The van der Waals surface area contributed by atoms with Crippen molar-refractivity contribution in [2.75, 3.05) is 6.61 Å². The SMILES string of the molecule is CCCCCCCOc1ccc(CNC(C)(C)CC)cc1. The second-order valence-electron chi connectivity index (χ2n) is 6.50. The number of nitrogens with one attached hydrogen (secondary N) is 1. The Hall–Kier alpha value is -1.02. The van der Waals surface area contributed by atoms with E-state index in [4.69, 9.17) is 4.74 Å². The van der Waals surface area contributed by atoms with Gasteiger partial charge in [-0.1, -0.05) is 51.7 Å². The number of benzene rings is 1. The van der Waals surface area contributed by atoms with Crippen LogP contribution in [0.15, 0.2) is 24.3 Å². The van der Waals surface area contributed by atoms with Crippen molar-refractivity contribution < 1.29 is 4.74 Å². The molecule has 1 N–H and O–H groups in total. The highest BCUT2D eigenvalue weighted by atomic mass is 16.5. The lowest BCUT2D eigenvalue weighted by molar-refractivity contribution is 0.304. The molecule has 1 aromatic carbocycles. The van der Waals surface area contributed by atoms with Gasteiger partial charge in [-0.15, -0.1) is 0 Å². The topological polar surface area (TPSA) is 21.3 Å².